The Hall–Kier alpha value is -0.830. The van der Waals surface area contributed by atoms with Crippen LogP contribution in [0.3, 0.4) is 0 Å². The topological polar surface area (TPSA) is 29.1 Å². The van der Waals surface area contributed by atoms with Crippen molar-refractivity contribution >= 4 is 5.91 Å². The van der Waals surface area contributed by atoms with Gasteiger partial charge in [-0.05, 0) is 13.8 Å². The van der Waals surface area contributed by atoms with E-state index in [1.165, 1.54) is 0 Å². The van der Waals surface area contributed by atoms with Crippen LogP contribution in [0, 0.1) is 5.41 Å². The van der Waals surface area contributed by atoms with Crippen LogP contribution in [0.2, 0.25) is 0 Å². The van der Waals surface area contributed by atoms with Crippen molar-refractivity contribution in [2.24, 2.45) is 5.41 Å². The first-order valence-electron chi connectivity index (χ1n) is 5.85. The van der Waals surface area contributed by atoms with Crippen molar-refractivity contribution in [3.8, 4) is 0 Å². The Kier molecular flexibility index (Phi) is 5.20. The molecule has 0 heterocycles. The molecule has 0 atom stereocenters. The fourth-order valence-electron chi connectivity index (χ4n) is 1.80. The third kappa shape index (κ3) is 5.91. The van der Waals surface area contributed by atoms with Gasteiger partial charge in [-0.15, -0.1) is 0 Å². The second-order valence-electron chi connectivity index (χ2n) is 6.04. The van der Waals surface area contributed by atoms with Crippen molar-refractivity contribution in [2.45, 2.75) is 27.7 Å². The normalized spacial score (nSPS) is 12.4. The van der Waals surface area contributed by atoms with E-state index < -0.39 is 0 Å². The second kappa shape index (κ2) is 5.48. The van der Waals surface area contributed by atoms with Gasteiger partial charge in [0.05, 0.1) is 27.2 Å². The Balaban J connectivity index is 4.25. The Morgan fingerprint density at radius 2 is 1.88 bits per heavy atom. The van der Waals surface area contributed by atoms with Crippen molar-refractivity contribution in [1.82, 2.24) is 5.32 Å². The maximum Gasteiger partial charge on any atom is 0.246 e. The number of hydrogen-bond donors (Lipinski definition) is 1. The van der Waals surface area contributed by atoms with E-state index in [1.807, 2.05) is 0 Å². The van der Waals surface area contributed by atoms with Gasteiger partial charge in [-0.25, -0.2) is 0 Å². The predicted octanol–water partition coefficient (Wildman–Crippen LogP) is 1.80. The molecule has 0 aliphatic heterocycles. The zero-order valence-corrected chi connectivity index (χ0v) is 11.7. The minimum Gasteiger partial charge on any atom is -0.352 e. The van der Waals surface area contributed by atoms with Crippen LogP contribution in [-0.4, -0.2) is 44.1 Å². The maximum absolute atomic E-state index is 11.4. The van der Waals surface area contributed by atoms with Gasteiger partial charge in [-0.2, -0.15) is 0 Å². The van der Waals surface area contributed by atoms with E-state index >= 15 is 0 Å². The highest BCUT2D eigenvalue weighted by atomic mass is 16.1. The summed E-state index contributed by atoms with van der Waals surface area (Å²) in [6.45, 7) is 14.7. The lowest BCUT2D eigenvalue weighted by atomic mass is 9.91. The number of nitrogens with one attached hydrogen (secondary N) is 1. The number of amides is 1. The molecule has 0 radical (unpaired) electrons. The van der Waals surface area contributed by atoms with Crippen LogP contribution in [0.15, 0.2) is 12.2 Å². The summed E-state index contributed by atoms with van der Waals surface area (Å²) in [5.41, 5.74) is 0.671. The molecule has 0 aliphatic rings. The summed E-state index contributed by atoms with van der Waals surface area (Å²) in [6.07, 6.45) is 0. The molecule has 1 N–H and O–H groups in total. The third-order valence-corrected chi connectivity index (χ3v) is 2.83. The summed E-state index contributed by atoms with van der Waals surface area (Å²) in [5.74, 6) is -0.0464. The summed E-state index contributed by atoms with van der Waals surface area (Å²) in [4.78, 5) is 11.4. The smallest absolute Gasteiger partial charge is 0.246 e. The molecule has 0 saturated carbocycles. The van der Waals surface area contributed by atoms with E-state index in [2.05, 4.69) is 46.8 Å². The molecule has 0 aromatic rings. The molecule has 0 fully saturated rings. The van der Waals surface area contributed by atoms with Crippen LogP contribution < -0.4 is 5.32 Å². The van der Waals surface area contributed by atoms with Crippen LogP contribution in [0.5, 0.6) is 0 Å². The lowest BCUT2D eigenvalue weighted by Crippen LogP contribution is -2.49. The van der Waals surface area contributed by atoms with Crippen molar-refractivity contribution < 1.29 is 9.28 Å². The summed E-state index contributed by atoms with van der Waals surface area (Å²) in [5, 5.41) is 2.92. The summed E-state index contributed by atoms with van der Waals surface area (Å²) >= 11 is 0. The van der Waals surface area contributed by atoms with E-state index in [9.17, 15) is 4.79 Å². The van der Waals surface area contributed by atoms with E-state index in [1.54, 1.807) is 6.92 Å². The van der Waals surface area contributed by atoms with Crippen molar-refractivity contribution in [1.29, 1.82) is 0 Å². The largest absolute Gasteiger partial charge is 0.352 e. The fourth-order valence-corrected chi connectivity index (χ4v) is 1.80. The maximum atomic E-state index is 11.4. The molecule has 0 bridgehead atoms. The first-order chi connectivity index (χ1) is 7.09. The molecular formula is C13H27N2O+. The lowest BCUT2D eigenvalue weighted by Gasteiger charge is -2.36. The molecule has 3 heteroatoms. The Labute approximate surface area is 100 Å². The highest BCUT2D eigenvalue weighted by Crippen LogP contribution is 2.18. The first kappa shape index (κ1) is 15.2. The van der Waals surface area contributed by atoms with Gasteiger partial charge in [0, 0.05) is 17.5 Å². The molecular weight excluding hydrogens is 200 g/mol. The molecule has 0 unspecified atom stereocenters. The van der Waals surface area contributed by atoms with E-state index in [0.29, 0.717) is 12.1 Å². The third-order valence-electron chi connectivity index (χ3n) is 2.83. The van der Waals surface area contributed by atoms with Crippen LogP contribution in [0.4, 0.5) is 0 Å². The number of nitrogens with zero attached hydrogens (tertiary/aromatic N) is 1. The molecule has 94 valence electrons. The molecule has 3 nitrogen and oxygen atoms in total. The number of rotatable bonds is 6. The summed E-state index contributed by atoms with van der Waals surface area (Å²) in [6, 6.07) is 0. The summed E-state index contributed by atoms with van der Waals surface area (Å²) in [7, 11) is 4.42. The molecule has 1 amide bonds. The van der Waals surface area contributed by atoms with E-state index in [0.717, 1.165) is 17.6 Å². The highest BCUT2D eigenvalue weighted by Gasteiger charge is 2.27. The molecule has 0 spiro atoms. The zero-order chi connectivity index (χ0) is 13.0. The van der Waals surface area contributed by atoms with Crippen LogP contribution in [0.25, 0.3) is 0 Å². The molecule has 0 aliphatic carbocycles. The van der Waals surface area contributed by atoms with Crippen LogP contribution in [0.1, 0.15) is 27.7 Å². The van der Waals surface area contributed by atoms with Gasteiger partial charge < -0.3 is 9.80 Å². The molecule has 0 aromatic carbocycles. The van der Waals surface area contributed by atoms with Gasteiger partial charge in [-0.1, -0.05) is 20.4 Å². The highest BCUT2D eigenvalue weighted by molar-refractivity contribution is 5.92. The van der Waals surface area contributed by atoms with Gasteiger partial charge in [0.15, 0.2) is 0 Å². The molecule has 16 heavy (non-hydrogen) atoms. The van der Waals surface area contributed by atoms with E-state index in [-0.39, 0.29) is 11.3 Å². The summed E-state index contributed by atoms with van der Waals surface area (Å²) < 4.78 is 0.968. The number of quaternary nitrogens is 1. The van der Waals surface area contributed by atoms with Gasteiger partial charge in [0.25, 0.3) is 0 Å². The van der Waals surface area contributed by atoms with Gasteiger partial charge >= 0.3 is 0 Å². The average Bonchev–Trinajstić information content (AvgIpc) is 2.12. The standard InChI is InChI=1S/C13H26N2O/c1-8-15(6,7)10-13(4,5)9-14-12(16)11(2)3/h2,8-10H2,1,3-7H3/p+1. The minimum absolute atomic E-state index is 0.0464. The monoisotopic (exact) mass is 227 g/mol. The molecule has 0 rings (SSSR count). The quantitative estimate of drug-likeness (QED) is 0.544. The predicted molar refractivity (Wildman–Crippen MR) is 69.1 cm³/mol. The van der Waals surface area contributed by atoms with Crippen molar-refractivity contribution in [3.63, 3.8) is 0 Å². The Bertz CT molecular complexity index is 267. The average molecular weight is 227 g/mol. The fraction of sp³-hybridized carbons (Fsp3) is 0.769. The first-order valence-corrected chi connectivity index (χ1v) is 5.85. The van der Waals surface area contributed by atoms with Crippen molar-refractivity contribution in [2.75, 3.05) is 33.7 Å². The van der Waals surface area contributed by atoms with Crippen LogP contribution >= 0.6 is 0 Å². The van der Waals surface area contributed by atoms with Crippen LogP contribution in [-0.2, 0) is 4.79 Å². The van der Waals surface area contributed by atoms with Crippen molar-refractivity contribution in [3.05, 3.63) is 12.2 Å². The van der Waals surface area contributed by atoms with Gasteiger partial charge in [-0.3, -0.25) is 4.79 Å². The Morgan fingerprint density at radius 3 is 2.25 bits per heavy atom. The molecule has 0 aromatic heterocycles. The van der Waals surface area contributed by atoms with E-state index in [4.69, 9.17) is 0 Å². The molecule has 0 saturated heterocycles. The Morgan fingerprint density at radius 1 is 1.38 bits per heavy atom. The zero-order valence-electron chi connectivity index (χ0n) is 11.7. The number of hydrogen-bond acceptors (Lipinski definition) is 1. The van der Waals surface area contributed by atoms with Gasteiger partial charge in [0.1, 0.15) is 0 Å². The lowest BCUT2D eigenvalue weighted by molar-refractivity contribution is -0.894. The SMILES string of the molecule is C=C(C)C(=O)NCC(C)(C)C[N+](C)(C)CC. The number of carbonyl (C=O) groups excluding carboxylic acids is 1. The minimum atomic E-state index is -0.0464. The number of carbonyl (C=O) groups is 1. The second-order valence-corrected chi connectivity index (χ2v) is 6.04. The van der Waals surface area contributed by atoms with Gasteiger partial charge in [0.2, 0.25) is 5.91 Å².